The fourth-order valence-corrected chi connectivity index (χ4v) is 3.88. The Morgan fingerprint density at radius 1 is 1.03 bits per heavy atom. The zero-order chi connectivity index (χ0) is 20.2. The van der Waals surface area contributed by atoms with Crippen molar-refractivity contribution in [1.29, 1.82) is 0 Å². The number of hydrogen-bond donors (Lipinski definition) is 3. The third-order valence-electron chi connectivity index (χ3n) is 4.69. The lowest BCUT2D eigenvalue weighted by molar-refractivity contribution is 0.449. The van der Waals surface area contributed by atoms with E-state index in [0.29, 0.717) is 23.0 Å². The molecule has 29 heavy (non-hydrogen) atoms. The zero-order valence-electron chi connectivity index (χ0n) is 15.0. The van der Waals surface area contributed by atoms with Crippen LogP contribution in [0.25, 0.3) is 22.4 Å². The molecule has 0 saturated carbocycles. The Hall–Kier alpha value is -3.63. The first-order chi connectivity index (χ1) is 13.9. The zero-order valence-corrected chi connectivity index (χ0v) is 15.8. The molecule has 0 unspecified atom stereocenters. The lowest BCUT2D eigenvalue weighted by Crippen LogP contribution is -2.31. The fourth-order valence-electron chi connectivity index (χ4n) is 3.36. The summed E-state index contributed by atoms with van der Waals surface area (Å²) in [5, 5.41) is 8.13. The number of rotatable bonds is 3. The van der Waals surface area contributed by atoms with Gasteiger partial charge in [0.25, 0.3) is 0 Å². The largest absolute Gasteiger partial charge is 0.457 e. The van der Waals surface area contributed by atoms with E-state index >= 15 is 0 Å². The van der Waals surface area contributed by atoms with Gasteiger partial charge in [0.15, 0.2) is 12.1 Å². The highest BCUT2D eigenvalue weighted by Crippen LogP contribution is 2.34. The number of aliphatic imine (C=N–C) groups is 1. The van der Waals surface area contributed by atoms with Crippen molar-refractivity contribution in [3.05, 3.63) is 66.4 Å². The van der Waals surface area contributed by atoms with E-state index < -0.39 is 16.2 Å². The van der Waals surface area contributed by atoms with Crippen molar-refractivity contribution >= 4 is 33.0 Å². The van der Waals surface area contributed by atoms with Crippen molar-refractivity contribution in [3.63, 3.8) is 0 Å². The van der Waals surface area contributed by atoms with Crippen LogP contribution in [0, 0.1) is 0 Å². The van der Waals surface area contributed by atoms with Crippen molar-refractivity contribution in [1.82, 2.24) is 9.55 Å². The van der Waals surface area contributed by atoms with E-state index in [1.807, 2.05) is 34.9 Å². The molecule has 3 heterocycles. The molecule has 0 radical (unpaired) electrons. The molecule has 0 aliphatic carbocycles. The minimum atomic E-state index is -3.75. The topological polar surface area (TPSA) is 142 Å². The van der Waals surface area contributed by atoms with Crippen LogP contribution in [-0.4, -0.2) is 23.9 Å². The molecular weight excluding hydrogens is 392 g/mol. The summed E-state index contributed by atoms with van der Waals surface area (Å²) in [6.45, 7) is 0. The number of primary sulfonamides is 1. The highest BCUT2D eigenvalue weighted by Gasteiger charge is 2.27. The normalized spacial score (nSPS) is 16.3. The van der Waals surface area contributed by atoms with Gasteiger partial charge >= 0.3 is 0 Å². The fraction of sp³-hybridized carbons (Fsp3) is 0.0526. The number of guanidine groups is 1. The Morgan fingerprint density at radius 2 is 1.79 bits per heavy atom. The van der Waals surface area contributed by atoms with E-state index in [1.165, 1.54) is 12.1 Å². The van der Waals surface area contributed by atoms with E-state index in [1.54, 1.807) is 18.2 Å². The smallest absolute Gasteiger partial charge is 0.238 e. The second kappa shape index (κ2) is 6.19. The summed E-state index contributed by atoms with van der Waals surface area (Å²) in [7, 11) is -3.75. The second-order valence-corrected chi connectivity index (χ2v) is 8.14. The monoisotopic (exact) mass is 408 g/mol. The van der Waals surface area contributed by atoms with Crippen LogP contribution in [0.2, 0.25) is 0 Å². The summed E-state index contributed by atoms with van der Waals surface area (Å²) in [6.07, 6.45) is -0.518. The Bertz CT molecular complexity index is 1370. The molecule has 5 rings (SSSR count). The first-order valence-electron chi connectivity index (χ1n) is 8.70. The summed E-state index contributed by atoms with van der Waals surface area (Å²) in [5.41, 5.74) is 8.37. The molecular formula is C19H16N6O3S. The number of para-hydroxylation sites is 2. The molecule has 9 nitrogen and oxygen atoms in total. The van der Waals surface area contributed by atoms with E-state index in [-0.39, 0.29) is 10.9 Å². The van der Waals surface area contributed by atoms with Gasteiger partial charge in [-0.2, -0.15) is 0 Å². The standard InChI is InChI=1S/C19H16N6O3S/c20-18-23-17(25-14-4-2-1-3-13(14)22-19(25)24-18)16-10-9-15(28-16)11-5-7-12(8-6-11)29(21,26)27/h1-10,17H,(H2,21,26,27)(H3,20,22,23,24)/t17-/m1/s1. The molecule has 0 spiro atoms. The number of nitrogens with one attached hydrogen (secondary N) is 1. The van der Waals surface area contributed by atoms with Crippen LogP contribution in [0.5, 0.6) is 0 Å². The van der Waals surface area contributed by atoms with Crippen LogP contribution in [0.4, 0.5) is 5.95 Å². The van der Waals surface area contributed by atoms with Crippen LogP contribution in [-0.2, 0) is 10.0 Å². The van der Waals surface area contributed by atoms with Gasteiger partial charge in [-0.05, 0) is 48.5 Å². The second-order valence-electron chi connectivity index (χ2n) is 6.58. The number of benzene rings is 2. The molecule has 1 atom stereocenters. The number of nitrogens with zero attached hydrogens (tertiary/aromatic N) is 3. The average molecular weight is 408 g/mol. The van der Waals surface area contributed by atoms with Crippen molar-refractivity contribution in [2.24, 2.45) is 15.9 Å². The third kappa shape index (κ3) is 2.94. The minimum absolute atomic E-state index is 0.0401. The third-order valence-corrected chi connectivity index (χ3v) is 5.62. The number of nitrogens with two attached hydrogens (primary N) is 2. The van der Waals surface area contributed by atoms with Crippen molar-refractivity contribution in [2.45, 2.75) is 11.1 Å². The number of hydrogen-bond acceptors (Lipinski definition) is 7. The number of fused-ring (bicyclic) bond motifs is 3. The number of imidazole rings is 1. The number of aromatic nitrogens is 2. The highest BCUT2D eigenvalue weighted by atomic mass is 32.2. The van der Waals surface area contributed by atoms with Gasteiger partial charge in [0, 0.05) is 5.56 Å². The molecule has 0 amide bonds. The Labute approximate surface area is 165 Å². The summed E-state index contributed by atoms with van der Waals surface area (Å²) >= 11 is 0. The number of furan rings is 1. The first-order valence-corrected chi connectivity index (χ1v) is 10.2. The average Bonchev–Trinajstić information content (AvgIpc) is 3.31. The predicted molar refractivity (Wildman–Crippen MR) is 109 cm³/mol. The van der Waals surface area contributed by atoms with Gasteiger partial charge in [-0.1, -0.05) is 12.1 Å². The maximum atomic E-state index is 11.4. The number of sulfonamides is 1. The summed E-state index contributed by atoms with van der Waals surface area (Å²) < 4.78 is 30.8. The van der Waals surface area contributed by atoms with Gasteiger partial charge in [-0.25, -0.2) is 23.5 Å². The van der Waals surface area contributed by atoms with E-state index in [9.17, 15) is 8.42 Å². The lowest BCUT2D eigenvalue weighted by atomic mass is 10.2. The van der Waals surface area contributed by atoms with Gasteiger partial charge in [0.2, 0.25) is 16.0 Å². The molecule has 0 bridgehead atoms. The molecule has 1 aliphatic rings. The molecule has 0 fully saturated rings. The number of anilines is 1. The Balaban J connectivity index is 1.56. The molecule has 4 aromatic rings. The summed E-state index contributed by atoms with van der Waals surface area (Å²) in [6, 6.07) is 17.5. The highest BCUT2D eigenvalue weighted by molar-refractivity contribution is 7.89. The SMILES string of the molecule is NC1=N[C@@H](c2ccc(-c3ccc(S(N)(=O)=O)cc3)o2)n2c(nc3ccccc32)N1. The van der Waals surface area contributed by atoms with Crippen LogP contribution in [0.1, 0.15) is 11.9 Å². The predicted octanol–water partition coefficient (Wildman–Crippen LogP) is 2.23. The van der Waals surface area contributed by atoms with E-state index in [0.717, 1.165) is 11.0 Å². The van der Waals surface area contributed by atoms with Crippen LogP contribution in [0.3, 0.4) is 0 Å². The molecule has 146 valence electrons. The van der Waals surface area contributed by atoms with Crippen LogP contribution < -0.4 is 16.2 Å². The van der Waals surface area contributed by atoms with E-state index in [2.05, 4.69) is 15.3 Å². The van der Waals surface area contributed by atoms with Crippen molar-refractivity contribution < 1.29 is 12.8 Å². The Morgan fingerprint density at radius 3 is 2.55 bits per heavy atom. The van der Waals surface area contributed by atoms with Crippen LogP contribution >= 0.6 is 0 Å². The summed E-state index contributed by atoms with van der Waals surface area (Å²) in [4.78, 5) is 9.08. The maximum Gasteiger partial charge on any atom is 0.238 e. The van der Waals surface area contributed by atoms with Gasteiger partial charge in [0.05, 0.1) is 15.9 Å². The first kappa shape index (κ1) is 17.5. The molecule has 1 aliphatic heterocycles. The quantitative estimate of drug-likeness (QED) is 0.475. The van der Waals surface area contributed by atoms with Crippen molar-refractivity contribution in [3.8, 4) is 11.3 Å². The van der Waals surface area contributed by atoms with Gasteiger partial charge < -0.3 is 10.2 Å². The molecule has 5 N–H and O–H groups in total. The molecule has 2 aromatic carbocycles. The molecule has 2 aromatic heterocycles. The van der Waals surface area contributed by atoms with E-state index in [4.69, 9.17) is 15.3 Å². The van der Waals surface area contributed by atoms with Gasteiger partial charge in [0.1, 0.15) is 11.5 Å². The van der Waals surface area contributed by atoms with Gasteiger partial charge in [-0.15, -0.1) is 0 Å². The maximum absolute atomic E-state index is 11.4. The summed E-state index contributed by atoms with van der Waals surface area (Å²) in [5.74, 6) is 1.97. The van der Waals surface area contributed by atoms with Crippen LogP contribution in [0.15, 0.2) is 75.0 Å². The lowest BCUT2D eigenvalue weighted by Gasteiger charge is -2.21. The molecule has 10 heteroatoms. The minimum Gasteiger partial charge on any atom is -0.457 e. The molecule has 0 saturated heterocycles. The Kier molecular flexibility index (Phi) is 3.73. The van der Waals surface area contributed by atoms with Gasteiger partial charge in [-0.3, -0.25) is 9.88 Å². The van der Waals surface area contributed by atoms with Crippen molar-refractivity contribution in [2.75, 3.05) is 5.32 Å².